The molecule has 0 amide bonds. The van der Waals surface area contributed by atoms with Crippen LogP contribution in [0.1, 0.15) is 240 Å². The predicted molar refractivity (Wildman–Crippen MR) is 370 cm³/mol. The number of aromatic nitrogens is 18. The summed E-state index contributed by atoms with van der Waals surface area (Å²) in [6.45, 7) is 41.7. The third-order valence-corrected chi connectivity index (χ3v) is 11.8. The van der Waals surface area contributed by atoms with E-state index in [1.165, 1.54) is 11.1 Å². The van der Waals surface area contributed by atoms with E-state index < -0.39 is 0 Å². The van der Waals surface area contributed by atoms with Gasteiger partial charge in [0.2, 0.25) is 0 Å². The van der Waals surface area contributed by atoms with Crippen molar-refractivity contribution in [3.8, 4) is 0 Å². The zero-order valence-electron chi connectivity index (χ0n) is 60.4. The second kappa shape index (κ2) is 65.5. The van der Waals surface area contributed by atoms with Crippen LogP contribution < -0.4 is 0 Å². The third kappa shape index (κ3) is 58.5. The van der Waals surface area contributed by atoms with Crippen LogP contribution in [0.2, 0.25) is 10.3 Å². The Balaban J connectivity index is -0.000000330. The van der Waals surface area contributed by atoms with E-state index in [4.69, 9.17) is 71.1 Å². The normalized spacial score (nSPS) is 9.11. The highest BCUT2D eigenvalue weighted by molar-refractivity contribution is 6.29. The fraction of sp³-hybridized carbons (Fsp3) is 0.414. The minimum Gasteiger partial charge on any atom is -0.261 e. The van der Waals surface area contributed by atoms with E-state index in [1.807, 2.05) is 74.5 Å². The third-order valence-electron chi connectivity index (χ3n) is 11.4. The molecule has 9 rings (SSSR count). The molecule has 536 valence electrons. The van der Waals surface area contributed by atoms with Gasteiger partial charge in [-0.05, 0) is 151 Å². The van der Waals surface area contributed by atoms with Crippen molar-refractivity contribution in [3.63, 3.8) is 0 Å². The average Bonchev–Trinajstić information content (AvgIpc) is 1.13. The van der Waals surface area contributed by atoms with Gasteiger partial charge in [-0.2, -0.15) is 109 Å². The summed E-state index contributed by atoms with van der Waals surface area (Å²) in [5.41, 5.74) is 11.7. The Morgan fingerprint density at radius 3 is 0.700 bits per heavy atom. The molecule has 9 heterocycles. The number of rotatable bonds is 9. The molecule has 28 nitrogen and oxygen atoms in total. The summed E-state index contributed by atoms with van der Waals surface area (Å²) in [5, 5.41) is 54.6. The molecule has 9 aromatic heterocycles. The van der Waals surface area contributed by atoms with Gasteiger partial charge in [0.05, 0.1) is 63.6 Å². The molecule has 0 saturated heterocycles. The van der Waals surface area contributed by atoms with Crippen LogP contribution in [0.25, 0.3) is 0 Å². The van der Waals surface area contributed by atoms with Crippen molar-refractivity contribution >= 4 is 54.0 Å². The van der Waals surface area contributed by atoms with Crippen molar-refractivity contribution in [3.05, 3.63) is 214 Å². The molecule has 0 fully saturated rings. The monoisotopic (exact) mass is 1410 g/mol. The molecule has 0 aliphatic carbocycles. The minimum absolute atomic E-state index is 0.250. The average molecular weight is 1420 g/mol. The second-order valence-corrected chi connectivity index (χ2v) is 23.1. The zero-order chi connectivity index (χ0) is 77.2. The Bertz CT molecular complexity index is 3010. The van der Waals surface area contributed by atoms with Crippen LogP contribution in [0, 0.1) is 13.8 Å². The fourth-order valence-electron chi connectivity index (χ4n) is 5.83. The zero-order valence-corrected chi connectivity index (χ0v) is 61.9. The van der Waals surface area contributed by atoms with Crippen molar-refractivity contribution < 1.29 is 47.9 Å². The standard InChI is InChI=1S/2C8H12N2.2C7H9ClN2.5C7H10N2.5CO2/c2*1-6(2)8-5-4-7(3)9-10-8;2*1-5(2)6-3-4-7(8)10-9-6;2*1-6(2)7-5-8-3-4-9-7;2*1-6(2)7-3-4-8-9-5-7;1-6(2)7-4-3-5-8-9-7;5*2-1-3/h2*4-6H,1-3H3;2*3-5H,1-2H3;5*3-6H,1-2H3;;;;;. The maximum atomic E-state index is 8.12. The first-order valence-electron chi connectivity index (χ1n) is 30.8. The van der Waals surface area contributed by atoms with Gasteiger partial charge in [0, 0.05) is 55.8 Å². The van der Waals surface area contributed by atoms with Gasteiger partial charge in [0.1, 0.15) is 0 Å². The summed E-state index contributed by atoms with van der Waals surface area (Å²) < 4.78 is 0. The topological polar surface area (TPSA) is 403 Å². The molecule has 0 radical (unpaired) electrons. The molecule has 0 spiro atoms. The van der Waals surface area contributed by atoms with Crippen LogP contribution in [0.4, 0.5) is 0 Å². The number of halogens is 2. The molecule has 9 aromatic rings. The van der Waals surface area contributed by atoms with E-state index in [9.17, 15) is 0 Å². The fourth-order valence-corrected chi connectivity index (χ4v) is 6.03. The Hall–Kier alpha value is -10.8. The second-order valence-electron chi connectivity index (χ2n) is 22.3. The molecule has 0 bridgehead atoms. The van der Waals surface area contributed by atoms with Crippen LogP contribution in [0.15, 0.2) is 141 Å². The highest BCUT2D eigenvalue weighted by Crippen LogP contribution is 2.15. The lowest BCUT2D eigenvalue weighted by molar-refractivity contribution is -0.193. The lowest BCUT2D eigenvalue weighted by atomic mass is 10.1. The molecule has 30 heteroatoms. The van der Waals surface area contributed by atoms with E-state index in [0.29, 0.717) is 63.6 Å². The van der Waals surface area contributed by atoms with Gasteiger partial charge in [-0.15, -0.1) is 10.2 Å². The van der Waals surface area contributed by atoms with Gasteiger partial charge < -0.3 is 0 Å². The van der Waals surface area contributed by atoms with E-state index in [1.54, 1.807) is 80.3 Å². The predicted octanol–water partition coefficient (Wildman–Crippen LogP) is 13.4. The molecule has 100 heavy (non-hydrogen) atoms. The Morgan fingerprint density at radius 1 is 0.260 bits per heavy atom. The van der Waals surface area contributed by atoms with Crippen LogP contribution in [-0.2, 0) is 47.9 Å². The molecule has 0 aromatic carbocycles. The molecule has 0 atom stereocenters. The lowest BCUT2D eigenvalue weighted by Crippen LogP contribution is -1.95. The Labute approximate surface area is 595 Å². The smallest absolute Gasteiger partial charge is 0.261 e. The van der Waals surface area contributed by atoms with Gasteiger partial charge in [-0.3, -0.25) is 19.9 Å². The van der Waals surface area contributed by atoms with Crippen LogP contribution >= 0.6 is 23.2 Å². The summed E-state index contributed by atoms with van der Waals surface area (Å²) in [4.78, 5) is 97.4. The first-order chi connectivity index (χ1) is 47.4. The number of hydrogen-bond acceptors (Lipinski definition) is 28. The maximum Gasteiger partial charge on any atom is 0.373 e. The molecular formula is C70H92Cl2N18O10. The quantitative estimate of drug-likeness (QED) is 0.129. The van der Waals surface area contributed by atoms with Gasteiger partial charge in [0.25, 0.3) is 0 Å². The maximum absolute atomic E-state index is 8.12. The minimum atomic E-state index is 0.250. The molecule has 0 unspecified atom stereocenters. The summed E-state index contributed by atoms with van der Waals surface area (Å²) in [6.07, 6.45) is 20.4. The largest absolute Gasteiger partial charge is 0.373 e. The highest BCUT2D eigenvalue weighted by Gasteiger charge is 2.04. The van der Waals surface area contributed by atoms with E-state index in [-0.39, 0.29) is 30.8 Å². The number of hydrogen-bond donors (Lipinski definition) is 0. The van der Waals surface area contributed by atoms with Crippen molar-refractivity contribution in [2.24, 2.45) is 0 Å². The Morgan fingerprint density at radius 2 is 0.540 bits per heavy atom. The lowest BCUT2D eigenvalue weighted by Gasteiger charge is -2.00. The van der Waals surface area contributed by atoms with E-state index >= 15 is 0 Å². The van der Waals surface area contributed by atoms with Crippen LogP contribution in [-0.4, -0.2) is 122 Å². The van der Waals surface area contributed by atoms with Gasteiger partial charge in [-0.25, -0.2) is 0 Å². The summed E-state index contributed by atoms with van der Waals surface area (Å²) in [5.74, 6) is 4.37. The number of aryl methyl sites for hydroxylation is 2. The summed E-state index contributed by atoms with van der Waals surface area (Å²) in [6, 6.07) is 23.2. The highest BCUT2D eigenvalue weighted by atomic mass is 35.5. The number of carbonyl (C=O) groups excluding carboxylic acids is 10. The summed E-state index contributed by atoms with van der Waals surface area (Å²) >= 11 is 11.1. The first-order valence-corrected chi connectivity index (χ1v) is 31.5. The number of nitrogens with zero attached hydrogens (tertiary/aromatic N) is 18. The molecule has 0 aliphatic heterocycles. The molecular weight excluding hydrogens is 1320 g/mol. The van der Waals surface area contributed by atoms with Crippen LogP contribution in [0.5, 0.6) is 0 Å². The van der Waals surface area contributed by atoms with E-state index in [0.717, 1.165) is 51.2 Å². The van der Waals surface area contributed by atoms with Gasteiger partial charge in [0.15, 0.2) is 10.3 Å². The van der Waals surface area contributed by atoms with Crippen molar-refractivity contribution in [1.29, 1.82) is 0 Å². The Kier molecular flexibility index (Phi) is 64.1. The van der Waals surface area contributed by atoms with Gasteiger partial charge >= 0.3 is 30.8 Å². The van der Waals surface area contributed by atoms with Gasteiger partial charge in [-0.1, -0.05) is 148 Å². The van der Waals surface area contributed by atoms with Crippen molar-refractivity contribution in [1.82, 2.24) is 91.3 Å². The SMILES string of the molecule is CC(C)c1ccc(Cl)nn1.CC(C)c1ccc(Cl)nn1.CC(C)c1cccnn1.CC(C)c1ccnnc1.CC(C)c1ccnnc1.CC(C)c1cnccn1.CC(C)c1cnccn1.Cc1ccc(C(C)C)nn1.Cc1ccc(C(C)C)nn1.O=C=O.O=C=O.O=C=O.O=C=O.O=C=O. The molecule has 0 saturated carbocycles. The van der Waals surface area contributed by atoms with E-state index in [2.05, 4.69) is 216 Å². The molecule has 0 aliphatic rings. The summed E-state index contributed by atoms with van der Waals surface area (Å²) in [7, 11) is 0. The van der Waals surface area contributed by atoms with Crippen molar-refractivity contribution in [2.75, 3.05) is 0 Å². The van der Waals surface area contributed by atoms with Crippen molar-refractivity contribution in [2.45, 2.75) is 192 Å². The molecule has 0 N–H and O–H groups in total. The van der Waals surface area contributed by atoms with Crippen LogP contribution in [0.3, 0.4) is 0 Å². The first kappa shape index (κ1) is 97.9.